The molecule has 0 spiro atoms. The summed E-state index contributed by atoms with van der Waals surface area (Å²) in [6.45, 7) is 0.977. The van der Waals surface area contributed by atoms with Crippen molar-refractivity contribution in [2.45, 2.75) is 25.7 Å². The fourth-order valence-corrected chi connectivity index (χ4v) is 3.59. The number of ether oxygens (including phenoxy) is 1. The minimum atomic E-state index is 0.733. The Morgan fingerprint density at radius 3 is 2.81 bits per heavy atom. The molecular weight excluding hydrogens is 346 g/mol. The predicted octanol–water partition coefficient (Wildman–Crippen LogP) is 4.87. The predicted molar refractivity (Wildman–Crippen MR) is 106 cm³/mol. The van der Waals surface area contributed by atoms with Crippen molar-refractivity contribution in [2.75, 3.05) is 19.0 Å². The highest BCUT2D eigenvalue weighted by Gasteiger charge is 2.20. The SMILES string of the molecule is COc1cccc(Cc2nn(-c3ccc(Cl)cc3)c3c2CCCCN3)c1. The monoisotopic (exact) mass is 367 g/mol. The summed E-state index contributed by atoms with van der Waals surface area (Å²) in [7, 11) is 1.70. The van der Waals surface area contributed by atoms with Crippen LogP contribution in [-0.2, 0) is 12.8 Å². The molecule has 0 radical (unpaired) electrons. The highest BCUT2D eigenvalue weighted by atomic mass is 35.5. The Morgan fingerprint density at radius 1 is 1.15 bits per heavy atom. The Labute approximate surface area is 158 Å². The maximum Gasteiger partial charge on any atom is 0.133 e. The number of fused-ring (bicyclic) bond motifs is 1. The van der Waals surface area contributed by atoms with E-state index in [1.54, 1.807) is 7.11 Å². The van der Waals surface area contributed by atoms with E-state index in [4.69, 9.17) is 21.4 Å². The molecule has 4 nitrogen and oxygen atoms in total. The molecule has 2 heterocycles. The van der Waals surface area contributed by atoms with Crippen LogP contribution in [0.1, 0.15) is 29.7 Å². The van der Waals surface area contributed by atoms with Gasteiger partial charge in [0, 0.05) is 23.6 Å². The minimum Gasteiger partial charge on any atom is -0.497 e. The summed E-state index contributed by atoms with van der Waals surface area (Å²) in [5.41, 5.74) is 4.67. The highest BCUT2D eigenvalue weighted by molar-refractivity contribution is 6.30. The van der Waals surface area contributed by atoms with E-state index in [1.807, 2.05) is 41.1 Å². The molecule has 134 valence electrons. The maximum absolute atomic E-state index is 6.05. The number of halogens is 1. The maximum atomic E-state index is 6.05. The standard InChI is InChI=1S/C21H22ClN3O/c1-26-18-6-4-5-15(13-18)14-20-19-7-2-3-12-23-21(19)25(24-20)17-10-8-16(22)9-11-17/h4-6,8-11,13,23H,2-3,7,12,14H2,1H3. The molecule has 0 amide bonds. The van der Waals surface area contributed by atoms with Crippen LogP contribution in [-0.4, -0.2) is 23.4 Å². The van der Waals surface area contributed by atoms with E-state index in [2.05, 4.69) is 17.4 Å². The normalized spacial score (nSPS) is 13.6. The lowest BCUT2D eigenvalue weighted by Crippen LogP contribution is -2.07. The fraction of sp³-hybridized carbons (Fsp3) is 0.286. The van der Waals surface area contributed by atoms with Crippen molar-refractivity contribution in [2.24, 2.45) is 0 Å². The molecule has 1 aromatic heterocycles. The first-order valence-corrected chi connectivity index (χ1v) is 9.36. The first-order chi connectivity index (χ1) is 12.7. The molecule has 0 atom stereocenters. The van der Waals surface area contributed by atoms with Crippen LogP contribution in [0.2, 0.25) is 5.02 Å². The molecule has 0 saturated carbocycles. The van der Waals surface area contributed by atoms with Gasteiger partial charge in [0.2, 0.25) is 0 Å². The molecule has 2 aromatic carbocycles. The number of anilines is 1. The van der Waals surface area contributed by atoms with Crippen LogP contribution < -0.4 is 10.1 Å². The van der Waals surface area contributed by atoms with Gasteiger partial charge in [0.25, 0.3) is 0 Å². The van der Waals surface area contributed by atoms with Gasteiger partial charge in [-0.15, -0.1) is 0 Å². The van der Waals surface area contributed by atoms with Crippen LogP contribution in [0.3, 0.4) is 0 Å². The van der Waals surface area contributed by atoms with Crippen molar-refractivity contribution in [1.82, 2.24) is 9.78 Å². The van der Waals surface area contributed by atoms with E-state index in [0.717, 1.165) is 47.4 Å². The molecule has 0 aliphatic carbocycles. The Kier molecular flexibility index (Phi) is 4.85. The Balaban J connectivity index is 1.75. The summed E-state index contributed by atoms with van der Waals surface area (Å²) >= 11 is 6.05. The summed E-state index contributed by atoms with van der Waals surface area (Å²) in [4.78, 5) is 0. The first-order valence-electron chi connectivity index (χ1n) is 8.98. The average Bonchev–Trinajstić information content (AvgIpc) is 2.84. The van der Waals surface area contributed by atoms with Crippen molar-refractivity contribution in [3.8, 4) is 11.4 Å². The molecule has 1 N–H and O–H groups in total. The number of methoxy groups -OCH3 is 1. The molecule has 1 aliphatic heterocycles. The first kappa shape index (κ1) is 17.0. The second-order valence-electron chi connectivity index (χ2n) is 6.57. The molecular formula is C21H22ClN3O. The quantitative estimate of drug-likeness (QED) is 0.714. The fourth-order valence-electron chi connectivity index (χ4n) is 3.46. The van der Waals surface area contributed by atoms with Crippen molar-refractivity contribution in [3.05, 3.63) is 70.4 Å². The Hall–Kier alpha value is -2.46. The lowest BCUT2D eigenvalue weighted by atomic mass is 10.0. The molecule has 0 saturated heterocycles. The zero-order valence-corrected chi connectivity index (χ0v) is 15.6. The summed E-state index contributed by atoms with van der Waals surface area (Å²) < 4.78 is 7.38. The molecule has 3 aromatic rings. The van der Waals surface area contributed by atoms with Crippen LogP contribution >= 0.6 is 11.6 Å². The van der Waals surface area contributed by atoms with Crippen molar-refractivity contribution < 1.29 is 4.74 Å². The third kappa shape index (κ3) is 3.42. The smallest absolute Gasteiger partial charge is 0.133 e. The van der Waals surface area contributed by atoms with Gasteiger partial charge in [-0.25, -0.2) is 4.68 Å². The van der Waals surface area contributed by atoms with Crippen molar-refractivity contribution >= 4 is 17.4 Å². The second kappa shape index (κ2) is 7.42. The molecule has 0 unspecified atom stereocenters. The number of hydrogen-bond donors (Lipinski definition) is 1. The lowest BCUT2D eigenvalue weighted by molar-refractivity contribution is 0.414. The lowest BCUT2D eigenvalue weighted by Gasteiger charge is -2.09. The summed E-state index contributed by atoms with van der Waals surface area (Å²) in [6, 6.07) is 16.0. The van der Waals surface area contributed by atoms with E-state index < -0.39 is 0 Å². The van der Waals surface area contributed by atoms with E-state index in [9.17, 15) is 0 Å². The van der Waals surface area contributed by atoms with Crippen LogP contribution in [0.5, 0.6) is 5.75 Å². The molecule has 4 rings (SSSR count). The van der Waals surface area contributed by atoms with Gasteiger partial charge < -0.3 is 10.1 Å². The van der Waals surface area contributed by atoms with Gasteiger partial charge in [0.05, 0.1) is 18.5 Å². The second-order valence-corrected chi connectivity index (χ2v) is 7.01. The summed E-state index contributed by atoms with van der Waals surface area (Å²) in [5, 5.41) is 9.27. The van der Waals surface area contributed by atoms with Gasteiger partial charge in [-0.3, -0.25) is 0 Å². The van der Waals surface area contributed by atoms with Gasteiger partial charge in [0.1, 0.15) is 11.6 Å². The Bertz CT molecular complexity index is 902. The molecule has 26 heavy (non-hydrogen) atoms. The van der Waals surface area contributed by atoms with Crippen molar-refractivity contribution in [3.63, 3.8) is 0 Å². The molecule has 1 aliphatic rings. The van der Waals surface area contributed by atoms with E-state index in [1.165, 1.54) is 24.0 Å². The van der Waals surface area contributed by atoms with Gasteiger partial charge in [-0.1, -0.05) is 23.7 Å². The van der Waals surface area contributed by atoms with Crippen molar-refractivity contribution in [1.29, 1.82) is 0 Å². The zero-order chi connectivity index (χ0) is 17.9. The van der Waals surface area contributed by atoms with Gasteiger partial charge in [-0.05, 0) is 61.2 Å². The topological polar surface area (TPSA) is 39.1 Å². The van der Waals surface area contributed by atoms with E-state index in [0.29, 0.717) is 0 Å². The van der Waals surface area contributed by atoms with Crippen LogP contribution in [0.4, 0.5) is 5.82 Å². The largest absolute Gasteiger partial charge is 0.497 e. The highest BCUT2D eigenvalue weighted by Crippen LogP contribution is 2.30. The third-order valence-electron chi connectivity index (χ3n) is 4.79. The number of hydrogen-bond acceptors (Lipinski definition) is 3. The molecule has 0 bridgehead atoms. The van der Waals surface area contributed by atoms with Crippen LogP contribution in [0.15, 0.2) is 48.5 Å². The third-order valence-corrected chi connectivity index (χ3v) is 5.04. The number of rotatable bonds is 4. The van der Waals surface area contributed by atoms with Gasteiger partial charge >= 0.3 is 0 Å². The number of benzene rings is 2. The number of aromatic nitrogens is 2. The van der Waals surface area contributed by atoms with E-state index >= 15 is 0 Å². The molecule has 5 heteroatoms. The zero-order valence-electron chi connectivity index (χ0n) is 14.8. The van der Waals surface area contributed by atoms with E-state index in [-0.39, 0.29) is 0 Å². The van der Waals surface area contributed by atoms with Gasteiger partial charge in [-0.2, -0.15) is 5.10 Å². The molecule has 0 fully saturated rings. The summed E-state index contributed by atoms with van der Waals surface area (Å²) in [6.07, 6.45) is 4.20. The van der Waals surface area contributed by atoms with Crippen LogP contribution in [0.25, 0.3) is 5.69 Å². The minimum absolute atomic E-state index is 0.733. The number of nitrogens with zero attached hydrogens (tertiary/aromatic N) is 2. The Morgan fingerprint density at radius 2 is 2.00 bits per heavy atom. The van der Waals surface area contributed by atoms with Gasteiger partial charge in [0.15, 0.2) is 0 Å². The summed E-state index contributed by atoms with van der Waals surface area (Å²) in [5.74, 6) is 1.99. The van der Waals surface area contributed by atoms with Crippen LogP contribution in [0, 0.1) is 0 Å². The average molecular weight is 368 g/mol. The number of nitrogens with one attached hydrogen (secondary N) is 1.